The summed E-state index contributed by atoms with van der Waals surface area (Å²) >= 11 is 0. The highest BCUT2D eigenvalue weighted by Crippen LogP contribution is 2.18. The third-order valence-electron chi connectivity index (χ3n) is 3.12. The van der Waals surface area contributed by atoms with Crippen LogP contribution in [0.2, 0.25) is 0 Å². The Labute approximate surface area is 119 Å². The first-order valence-electron chi connectivity index (χ1n) is 6.47. The number of para-hydroxylation sites is 2. The number of amides is 1. The van der Waals surface area contributed by atoms with Crippen LogP contribution in [0.4, 0.5) is 11.4 Å². The molecular formula is C16H19N3O. The second kappa shape index (κ2) is 6.10. The molecule has 0 aromatic heterocycles. The van der Waals surface area contributed by atoms with E-state index in [1.54, 1.807) is 18.2 Å². The van der Waals surface area contributed by atoms with Gasteiger partial charge in [0.1, 0.15) is 0 Å². The van der Waals surface area contributed by atoms with Gasteiger partial charge in [-0.2, -0.15) is 0 Å². The van der Waals surface area contributed by atoms with Crippen LogP contribution in [0.25, 0.3) is 0 Å². The summed E-state index contributed by atoms with van der Waals surface area (Å²) in [6.45, 7) is 0.474. The van der Waals surface area contributed by atoms with Gasteiger partial charge in [-0.05, 0) is 23.8 Å². The molecule has 0 aliphatic carbocycles. The molecule has 0 saturated carbocycles. The quantitative estimate of drug-likeness (QED) is 0.837. The lowest BCUT2D eigenvalue weighted by atomic mass is 10.1. The number of carbonyl (C=O) groups is 1. The molecule has 4 heteroatoms. The van der Waals surface area contributed by atoms with Crippen molar-refractivity contribution in [2.45, 2.75) is 6.54 Å². The molecule has 0 heterocycles. The van der Waals surface area contributed by atoms with Crippen LogP contribution < -0.4 is 16.0 Å². The summed E-state index contributed by atoms with van der Waals surface area (Å²) in [7, 11) is 3.96. The molecule has 0 aliphatic rings. The average molecular weight is 269 g/mol. The summed E-state index contributed by atoms with van der Waals surface area (Å²) in [5, 5.41) is 2.91. The molecule has 20 heavy (non-hydrogen) atoms. The Hall–Kier alpha value is -2.49. The van der Waals surface area contributed by atoms with E-state index < -0.39 is 0 Å². The Kier molecular flexibility index (Phi) is 4.25. The normalized spacial score (nSPS) is 10.1. The predicted octanol–water partition coefficient (Wildman–Crippen LogP) is 2.26. The van der Waals surface area contributed by atoms with E-state index in [1.165, 1.54) is 0 Å². The van der Waals surface area contributed by atoms with Gasteiger partial charge in [0.25, 0.3) is 5.91 Å². The van der Waals surface area contributed by atoms with Gasteiger partial charge in [-0.1, -0.05) is 30.3 Å². The average Bonchev–Trinajstić information content (AvgIpc) is 2.45. The molecule has 0 fully saturated rings. The lowest BCUT2D eigenvalue weighted by Crippen LogP contribution is -2.25. The lowest BCUT2D eigenvalue weighted by Gasteiger charge is -2.17. The Bertz CT molecular complexity index is 608. The van der Waals surface area contributed by atoms with Crippen LogP contribution in [0.5, 0.6) is 0 Å². The second-order valence-corrected chi connectivity index (χ2v) is 4.79. The number of hydrogen-bond donors (Lipinski definition) is 2. The van der Waals surface area contributed by atoms with Crippen molar-refractivity contribution in [3.8, 4) is 0 Å². The fourth-order valence-corrected chi connectivity index (χ4v) is 2.07. The summed E-state index contributed by atoms with van der Waals surface area (Å²) in [6.07, 6.45) is 0. The molecule has 3 N–H and O–H groups in total. The highest BCUT2D eigenvalue weighted by molar-refractivity contribution is 5.99. The molecule has 0 bridgehead atoms. The van der Waals surface area contributed by atoms with E-state index in [4.69, 9.17) is 5.73 Å². The van der Waals surface area contributed by atoms with Gasteiger partial charge in [-0.3, -0.25) is 4.79 Å². The number of rotatable bonds is 4. The topological polar surface area (TPSA) is 58.4 Å². The van der Waals surface area contributed by atoms with E-state index in [0.717, 1.165) is 11.3 Å². The molecule has 1 amide bonds. The number of carbonyl (C=O) groups excluding carboxylic acids is 1. The minimum Gasteiger partial charge on any atom is -0.398 e. The van der Waals surface area contributed by atoms with Gasteiger partial charge in [0, 0.05) is 32.0 Å². The Balaban J connectivity index is 2.10. The fraction of sp³-hybridized carbons (Fsp3) is 0.188. The minimum atomic E-state index is -0.156. The third kappa shape index (κ3) is 3.09. The molecule has 0 radical (unpaired) electrons. The smallest absolute Gasteiger partial charge is 0.253 e. The first-order valence-corrected chi connectivity index (χ1v) is 6.47. The summed E-state index contributed by atoms with van der Waals surface area (Å²) in [5.74, 6) is -0.156. The zero-order valence-electron chi connectivity index (χ0n) is 11.8. The lowest BCUT2D eigenvalue weighted by molar-refractivity contribution is 0.0952. The van der Waals surface area contributed by atoms with Crippen molar-refractivity contribution in [3.05, 3.63) is 59.7 Å². The predicted molar refractivity (Wildman–Crippen MR) is 82.8 cm³/mol. The third-order valence-corrected chi connectivity index (χ3v) is 3.12. The molecule has 2 rings (SSSR count). The van der Waals surface area contributed by atoms with Crippen molar-refractivity contribution in [2.75, 3.05) is 24.7 Å². The first kappa shape index (κ1) is 13.9. The van der Waals surface area contributed by atoms with Crippen LogP contribution in [0, 0.1) is 0 Å². The monoisotopic (exact) mass is 269 g/mol. The molecule has 0 saturated heterocycles. The number of nitrogens with two attached hydrogens (primary N) is 1. The van der Waals surface area contributed by atoms with Crippen molar-refractivity contribution in [1.29, 1.82) is 0 Å². The number of benzene rings is 2. The fourth-order valence-electron chi connectivity index (χ4n) is 2.07. The van der Waals surface area contributed by atoms with E-state index in [2.05, 4.69) is 5.32 Å². The number of nitrogens with one attached hydrogen (secondary N) is 1. The van der Waals surface area contributed by atoms with Gasteiger partial charge in [0.2, 0.25) is 0 Å². The standard InChI is InChI=1S/C16H19N3O/c1-19(2)15-10-6-3-7-12(15)11-18-16(20)13-8-4-5-9-14(13)17/h3-10H,11,17H2,1-2H3,(H,18,20). The van der Waals surface area contributed by atoms with Crippen molar-refractivity contribution in [2.24, 2.45) is 0 Å². The number of nitrogen functional groups attached to an aromatic ring is 1. The zero-order chi connectivity index (χ0) is 14.5. The molecule has 104 valence electrons. The van der Waals surface area contributed by atoms with Gasteiger partial charge >= 0.3 is 0 Å². The van der Waals surface area contributed by atoms with E-state index in [1.807, 2.05) is 49.3 Å². The molecule has 0 atom stereocenters. The first-order chi connectivity index (χ1) is 9.59. The maximum Gasteiger partial charge on any atom is 0.253 e. The summed E-state index contributed by atoms with van der Waals surface area (Å²) in [6, 6.07) is 15.0. The molecule has 0 unspecified atom stereocenters. The zero-order valence-corrected chi connectivity index (χ0v) is 11.8. The number of hydrogen-bond acceptors (Lipinski definition) is 3. The molecule has 0 aliphatic heterocycles. The van der Waals surface area contributed by atoms with Crippen LogP contribution in [-0.2, 0) is 6.54 Å². The maximum absolute atomic E-state index is 12.1. The van der Waals surface area contributed by atoms with Gasteiger partial charge < -0.3 is 16.0 Å². The Morgan fingerprint density at radius 1 is 1.10 bits per heavy atom. The molecule has 2 aromatic carbocycles. The molecular weight excluding hydrogens is 250 g/mol. The van der Waals surface area contributed by atoms with Crippen LogP contribution in [0.15, 0.2) is 48.5 Å². The highest BCUT2D eigenvalue weighted by Gasteiger charge is 2.10. The second-order valence-electron chi connectivity index (χ2n) is 4.79. The van der Waals surface area contributed by atoms with Crippen LogP contribution in [-0.4, -0.2) is 20.0 Å². The molecule has 4 nitrogen and oxygen atoms in total. The number of anilines is 2. The van der Waals surface area contributed by atoms with E-state index >= 15 is 0 Å². The maximum atomic E-state index is 12.1. The van der Waals surface area contributed by atoms with Gasteiger partial charge in [0.15, 0.2) is 0 Å². The summed E-state index contributed by atoms with van der Waals surface area (Å²) in [4.78, 5) is 14.1. The summed E-state index contributed by atoms with van der Waals surface area (Å²) < 4.78 is 0. The van der Waals surface area contributed by atoms with E-state index in [-0.39, 0.29) is 5.91 Å². The van der Waals surface area contributed by atoms with Crippen molar-refractivity contribution >= 4 is 17.3 Å². The Morgan fingerprint density at radius 3 is 2.45 bits per heavy atom. The van der Waals surface area contributed by atoms with E-state index in [0.29, 0.717) is 17.8 Å². The van der Waals surface area contributed by atoms with Crippen LogP contribution in [0.3, 0.4) is 0 Å². The molecule has 0 spiro atoms. The van der Waals surface area contributed by atoms with E-state index in [9.17, 15) is 4.79 Å². The van der Waals surface area contributed by atoms with Crippen LogP contribution in [0.1, 0.15) is 15.9 Å². The summed E-state index contributed by atoms with van der Waals surface area (Å²) in [5.41, 5.74) is 8.96. The highest BCUT2D eigenvalue weighted by atomic mass is 16.1. The van der Waals surface area contributed by atoms with Crippen LogP contribution >= 0.6 is 0 Å². The van der Waals surface area contributed by atoms with Crippen molar-refractivity contribution in [1.82, 2.24) is 5.32 Å². The van der Waals surface area contributed by atoms with Crippen molar-refractivity contribution in [3.63, 3.8) is 0 Å². The number of nitrogens with zero attached hydrogens (tertiary/aromatic N) is 1. The largest absolute Gasteiger partial charge is 0.398 e. The minimum absolute atomic E-state index is 0.156. The Morgan fingerprint density at radius 2 is 1.75 bits per heavy atom. The van der Waals surface area contributed by atoms with Gasteiger partial charge in [-0.25, -0.2) is 0 Å². The van der Waals surface area contributed by atoms with Gasteiger partial charge in [-0.15, -0.1) is 0 Å². The van der Waals surface area contributed by atoms with Crippen molar-refractivity contribution < 1.29 is 4.79 Å². The molecule has 2 aromatic rings. The van der Waals surface area contributed by atoms with Gasteiger partial charge in [0.05, 0.1) is 5.56 Å². The SMILES string of the molecule is CN(C)c1ccccc1CNC(=O)c1ccccc1N.